The lowest BCUT2D eigenvalue weighted by Crippen LogP contribution is -2.51. The molecule has 2 N–H and O–H groups in total. The smallest absolute Gasteiger partial charge is 0.238 e. The Labute approximate surface area is 122 Å². The minimum atomic E-state index is -0.147. The Hall–Kier alpha value is -0.810. The van der Waals surface area contributed by atoms with Crippen LogP contribution in [0.15, 0.2) is 12.1 Å². The number of aryl methyl sites for hydroxylation is 1. The van der Waals surface area contributed by atoms with E-state index in [1.807, 2.05) is 17.9 Å². The highest BCUT2D eigenvalue weighted by Crippen LogP contribution is 2.32. The quantitative estimate of drug-likeness (QED) is 0.896. The van der Waals surface area contributed by atoms with Crippen LogP contribution in [0.3, 0.4) is 0 Å². The van der Waals surface area contributed by atoms with Crippen LogP contribution in [0.25, 0.3) is 0 Å². The number of amides is 1. The third-order valence-electron chi connectivity index (χ3n) is 3.21. The molecule has 4 nitrogen and oxygen atoms in total. The molecule has 0 bridgehead atoms. The third kappa shape index (κ3) is 3.39. The monoisotopic (exact) mass is 302 g/mol. The van der Waals surface area contributed by atoms with Crippen molar-refractivity contribution in [2.75, 3.05) is 31.6 Å². The zero-order chi connectivity index (χ0) is 14.0. The van der Waals surface area contributed by atoms with Crippen LogP contribution in [0.4, 0.5) is 5.69 Å². The number of likely N-dealkylation sites (tertiary alicyclic amines) is 1. The number of nitrogens with one attached hydrogen (secondary N) is 1. The highest BCUT2D eigenvalue weighted by molar-refractivity contribution is 6.40. The summed E-state index contributed by atoms with van der Waals surface area (Å²) in [5.74, 6) is 0.143. The number of carbonyl (C=O) groups excluding carboxylic acids is 1. The fourth-order valence-corrected chi connectivity index (χ4v) is 2.54. The normalized spacial score (nSPS) is 16.2. The summed E-state index contributed by atoms with van der Waals surface area (Å²) in [6.45, 7) is 3.82. The van der Waals surface area contributed by atoms with Gasteiger partial charge in [0.1, 0.15) is 0 Å². The SMILES string of the molecule is Cc1ccc(Cl)c(NC(=O)CN2CC(CO)C2)c1Cl. The van der Waals surface area contributed by atoms with Crippen molar-refractivity contribution in [1.82, 2.24) is 4.90 Å². The van der Waals surface area contributed by atoms with E-state index in [9.17, 15) is 4.79 Å². The summed E-state index contributed by atoms with van der Waals surface area (Å²) >= 11 is 12.2. The molecule has 0 spiro atoms. The van der Waals surface area contributed by atoms with Gasteiger partial charge < -0.3 is 10.4 Å². The van der Waals surface area contributed by atoms with Crippen LogP contribution in [0.2, 0.25) is 10.0 Å². The Morgan fingerprint density at radius 1 is 1.47 bits per heavy atom. The highest BCUT2D eigenvalue weighted by Gasteiger charge is 2.27. The van der Waals surface area contributed by atoms with E-state index in [-0.39, 0.29) is 19.1 Å². The molecule has 19 heavy (non-hydrogen) atoms. The van der Waals surface area contributed by atoms with E-state index in [4.69, 9.17) is 28.3 Å². The molecule has 0 radical (unpaired) electrons. The first-order valence-electron chi connectivity index (χ1n) is 6.09. The average Bonchev–Trinajstić information content (AvgIpc) is 2.33. The molecule has 0 aliphatic carbocycles. The Balaban J connectivity index is 1.94. The molecule has 1 amide bonds. The zero-order valence-corrected chi connectivity index (χ0v) is 12.1. The average molecular weight is 303 g/mol. The van der Waals surface area contributed by atoms with Gasteiger partial charge in [0.25, 0.3) is 0 Å². The van der Waals surface area contributed by atoms with Crippen LogP contribution in [0.5, 0.6) is 0 Å². The maximum Gasteiger partial charge on any atom is 0.238 e. The fraction of sp³-hybridized carbons (Fsp3) is 0.462. The molecule has 2 rings (SSSR count). The van der Waals surface area contributed by atoms with Crippen molar-refractivity contribution in [3.05, 3.63) is 27.7 Å². The maximum absolute atomic E-state index is 11.9. The summed E-state index contributed by atoms with van der Waals surface area (Å²) in [5, 5.41) is 12.6. The van der Waals surface area contributed by atoms with Gasteiger partial charge in [0, 0.05) is 25.6 Å². The number of aliphatic hydroxyl groups is 1. The number of carbonyl (C=O) groups is 1. The number of anilines is 1. The molecular weight excluding hydrogens is 287 g/mol. The lowest BCUT2D eigenvalue weighted by molar-refractivity contribution is -0.119. The molecular formula is C13H16Cl2N2O2. The van der Waals surface area contributed by atoms with E-state index < -0.39 is 0 Å². The summed E-state index contributed by atoms with van der Waals surface area (Å²) in [4.78, 5) is 13.9. The van der Waals surface area contributed by atoms with Crippen LogP contribution in [-0.4, -0.2) is 42.2 Å². The van der Waals surface area contributed by atoms with Gasteiger partial charge in [-0.05, 0) is 18.6 Å². The van der Waals surface area contributed by atoms with Gasteiger partial charge in [0.15, 0.2) is 0 Å². The summed E-state index contributed by atoms with van der Waals surface area (Å²) < 4.78 is 0. The lowest BCUT2D eigenvalue weighted by atomic mass is 10.0. The van der Waals surface area contributed by atoms with E-state index in [0.717, 1.165) is 18.7 Å². The predicted molar refractivity (Wildman–Crippen MR) is 76.8 cm³/mol. The van der Waals surface area contributed by atoms with Gasteiger partial charge in [-0.2, -0.15) is 0 Å². The molecule has 0 saturated carbocycles. The van der Waals surface area contributed by atoms with Crippen molar-refractivity contribution < 1.29 is 9.90 Å². The molecule has 0 atom stereocenters. The molecule has 1 aromatic rings. The number of benzene rings is 1. The Kier molecular flexibility index (Phi) is 4.68. The van der Waals surface area contributed by atoms with Gasteiger partial charge in [-0.3, -0.25) is 9.69 Å². The molecule has 1 aliphatic heterocycles. The van der Waals surface area contributed by atoms with Gasteiger partial charge in [0.2, 0.25) is 5.91 Å². The highest BCUT2D eigenvalue weighted by atomic mass is 35.5. The molecule has 0 unspecified atom stereocenters. The summed E-state index contributed by atoms with van der Waals surface area (Å²) in [7, 11) is 0. The fourth-order valence-electron chi connectivity index (χ4n) is 2.07. The first-order chi connectivity index (χ1) is 9.01. The molecule has 6 heteroatoms. The zero-order valence-electron chi connectivity index (χ0n) is 10.6. The van der Waals surface area contributed by atoms with Crippen molar-refractivity contribution >= 4 is 34.8 Å². The van der Waals surface area contributed by atoms with Crippen molar-refractivity contribution in [3.8, 4) is 0 Å². The number of rotatable bonds is 4. The summed E-state index contributed by atoms with van der Waals surface area (Å²) in [5.41, 5.74) is 1.33. The number of halogens is 2. The Morgan fingerprint density at radius 3 is 2.79 bits per heavy atom. The second-order valence-corrected chi connectivity index (χ2v) is 5.63. The Bertz CT molecular complexity index is 488. The molecule has 1 fully saturated rings. The lowest BCUT2D eigenvalue weighted by Gasteiger charge is -2.37. The van der Waals surface area contributed by atoms with Gasteiger partial charge in [0.05, 0.1) is 22.3 Å². The van der Waals surface area contributed by atoms with Crippen molar-refractivity contribution in [1.29, 1.82) is 0 Å². The van der Waals surface area contributed by atoms with Crippen LogP contribution in [-0.2, 0) is 4.79 Å². The van der Waals surface area contributed by atoms with Crippen LogP contribution in [0.1, 0.15) is 5.56 Å². The van der Waals surface area contributed by atoms with Crippen molar-refractivity contribution in [2.45, 2.75) is 6.92 Å². The molecule has 1 saturated heterocycles. The molecule has 1 aliphatic rings. The first kappa shape index (κ1) is 14.6. The number of aliphatic hydroxyl groups excluding tert-OH is 1. The maximum atomic E-state index is 11.9. The number of nitrogens with zero attached hydrogens (tertiary/aromatic N) is 1. The number of hydrogen-bond donors (Lipinski definition) is 2. The second-order valence-electron chi connectivity index (χ2n) is 4.84. The van der Waals surface area contributed by atoms with Crippen molar-refractivity contribution in [2.24, 2.45) is 5.92 Å². The van der Waals surface area contributed by atoms with Gasteiger partial charge in [-0.1, -0.05) is 29.3 Å². The largest absolute Gasteiger partial charge is 0.396 e. The van der Waals surface area contributed by atoms with Gasteiger partial charge >= 0.3 is 0 Å². The molecule has 0 aromatic heterocycles. The molecule has 104 valence electrons. The van der Waals surface area contributed by atoms with Crippen molar-refractivity contribution in [3.63, 3.8) is 0 Å². The van der Waals surface area contributed by atoms with E-state index in [1.165, 1.54) is 0 Å². The molecule has 1 aromatic carbocycles. The number of hydrogen-bond acceptors (Lipinski definition) is 3. The third-order valence-corrected chi connectivity index (χ3v) is 4.01. The first-order valence-corrected chi connectivity index (χ1v) is 6.84. The van der Waals surface area contributed by atoms with E-state index >= 15 is 0 Å². The minimum Gasteiger partial charge on any atom is -0.396 e. The molecule has 1 heterocycles. The van der Waals surface area contributed by atoms with Crippen LogP contribution >= 0.6 is 23.2 Å². The van der Waals surface area contributed by atoms with E-state index in [2.05, 4.69) is 5.32 Å². The predicted octanol–water partition coefficient (Wildman–Crippen LogP) is 2.16. The second kappa shape index (κ2) is 6.09. The van der Waals surface area contributed by atoms with E-state index in [1.54, 1.807) is 6.07 Å². The topological polar surface area (TPSA) is 52.6 Å². The summed E-state index contributed by atoms with van der Waals surface area (Å²) in [6.07, 6.45) is 0. The minimum absolute atomic E-state index is 0.147. The summed E-state index contributed by atoms with van der Waals surface area (Å²) in [6, 6.07) is 3.52. The van der Waals surface area contributed by atoms with E-state index in [0.29, 0.717) is 21.7 Å². The van der Waals surface area contributed by atoms with Gasteiger partial charge in [-0.15, -0.1) is 0 Å². The van der Waals surface area contributed by atoms with Crippen LogP contribution < -0.4 is 5.32 Å². The standard InChI is InChI=1S/C13H16Cl2N2O2/c1-8-2-3-10(14)13(12(8)15)16-11(19)6-17-4-9(5-17)7-18/h2-3,9,18H,4-7H2,1H3,(H,16,19). The van der Waals surface area contributed by atoms with Gasteiger partial charge in [-0.25, -0.2) is 0 Å². The van der Waals surface area contributed by atoms with Crippen LogP contribution in [0, 0.1) is 12.8 Å². The Morgan fingerprint density at radius 2 is 2.16 bits per heavy atom.